The molecule has 0 atom stereocenters. The Bertz CT molecular complexity index is 792. The molecule has 134 valence electrons. The maximum absolute atomic E-state index is 12.8. The maximum Gasteiger partial charge on any atom is 0.266 e. The van der Waals surface area contributed by atoms with E-state index in [-0.39, 0.29) is 17.5 Å². The van der Waals surface area contributed by atoms with Crippen LogP contribution in [0.5, 0.6) is 0 Å². The molecule has 0 bridgehead atoms. The average molecular weight is 412 g/mol. The monoisotopic (exact) mass is 411 g/mol. The zero-order chi connectivity index (χ0) is 18.9. The van der Waals surface area contributed by atoms with Crippen molar-refractivity contribution in [1.29, 1.82) is 5.26 Å². The van der Waals surface area contributed by atoms with E-state index in [2.05, 4.69) is 21.2 Å². The molecule has 0 aromatic heterocycles. The quantitative estimate of drug-likeness (QED) is 0.542. The first-order chi connectivity index (χ1) is 12.5. The number of nitrogens with zero attached hydrogens (tertiary/aromatic N) is 2. The summed E-state index contributed by atoms with van der Waals surface area (Å²) in [6, 6.07) is 19.7. The highest BCUT2D eigenvalue weighted by Crippen LogP contribution is 2.13. The summed E-state index contributed by atoms with van der Waals surface area (Å²) < 4.78 is 1.01. The van der Waals surface area contributed by atoms with Crippen LogP contribution in [0, 0.1) is 11.3 Å². The predicted octanol–water partition coefficient (Wildman–Crippen LogP) is 4.38. The average Bonchev–Trinajstić information content (AvgIpc) is 2.65. The molecular weight excluding hydrogens is 390 g/mol. The highest BCUT2D eigenvalue weighted by molar-refractivity contribution is 9.10. The van der Waals surface area contributed by atoms with Gasteiger partial charge < -0.3 is 10.2 Å². The third-order valence-electron chi connectivity index (χ3n) is 3.90. The van der Waals surface area contributed by atoms with E-state index in [9.17, 15) is 10.1 Å². The third kappa shape index (κ3) is 5.75. The van der Waals surface area contributed by atoms with Crippen molar-refractivity contribution in [2.45, 2.75) is 33.0 Å². The van der Waals surface area contributed by atoms with Crippen molar-refractivity contribution in [3.63, 3.8) is 0 Å². The van der Waals surface area contributed by atoms with Gasteiger partial charge in [-0.2, -0.15) is 5.26 Å². The Morgan fingerprint density at radius 2 is 1.81 bits per heavy atom. The number of hydrogen-bond acceptors (Lipinski definition) is 3. The van der Waals surface area contributed by atoms with Gasteiger partial charge in [0.05, 0.1) is 0 Å². The van der Waals surface area contributed by atoms with Crippen LogP contribution in [0.15, 0.2) is 70.8 Å². The highest BCUT2D eigenvalue weighted by Gasteiger charge is 2.21. The first kappa shape index (κ1) is 19.7. The van der Waals surface area contributed by atoms with Gasteiger partial charge in [-0.05, 0) is 37.1 Å². The molecule has 0 heterocycles. The Morgan fingerprint density at radius 1 is 1.15 bits per heavy atom. The summed E-state index contributed by atoms with van der Waals surface area (Å²) >= 11 is 3.40. The molecule has 0 unspecified atom stereocenters. The van der Waals surface area contributed by atoms with Crippen molar-refractivity contribution in [3.05, 3.63) is 82.0 Å². The van der Waals surface area contributed by atoms with E-state index in [0.29, 0.717) is 13.1 Å². The summed E-state index contributed by atoms with van der Waals surface area (Å²) in [5.41, 5.74) is 2.21. The number of benzene rings is 2. The van der Waals surface area contributed by atoms with E-state index in [1.165, 1.54) is 6.20 Å². The van der Waals surface area contributed by atoms with Crippen LogP contribution < -0.4 is 5.32 Å². The molecule has 2 aromatic rings. The molecule has 0 aliphatic rings. The van der Waals surface area contributed by atoms with E-state index in [0.717, 1.165) is 15.6 Å². The zero-order valence-electron chi connectivity index (χ0n) is 14.9. The lowest BCUT2D eigenvalue weighted by Crippen LogP contribution is -2.37. The molecule has 4 nitrogen and oxygen atoms in total. The van der Waals surface area contributed by atoms with Crippen LogP contribution in [0.1, 0.15) is 25.0 Å². The lowest BCUT2D eigenvalue weighted by atomic mass is 10.1. The van der Waals surface area contributed by atoms with Gasteiger partial charge in [-0.25, -0.2) is 0 Å². The molecule has 0 saturated heterocycles. The van der Waals surface area contributed by atoms with Crippen LogP contribution in [0.2, 0.25) is 0 Å². The van der Waals surface area contributed by atoms with Crippen LogP contribution in [0.4, 0.5) is 0 Å². The van der Waals surface area contributed by atoms with Crippen LogP contribution in [0.25, 0.3) is 0 Å². The minimum atomic E-state index is -0.269. The molecule has 0 aliphatic carbocycles. The molecule has 1 N–H and O–H groups in total. The Hall–Kier alpha value is -2.58. The number of halogens is 1. The zero-order valence-corrected chi connectivity index (χ0v) is 16.5. The largest absolute Gasteiger partial charge is 0.386 e. The molecule has 26 heavy (non-hydrogen) atoms. The van der Waals surface area contributed by atoms with Crippen LogP contribution >= 0.6 is 15.9 Å². The Kier molecular flexibility index (Phi) is 7.43. The molecule has 5 heteroatoms. The van der Waals surface area contributed by atoms with Crippen molar-refractivity contribution in [2.24, 2.45) is 0 Å². The minimum Gasteiger partial charge on any atom is -0.386 e. The molecule has 0 radical (unpaired) electrons. The normalized spacial score (nSPS) is 11.1. The van der Waals surface area contributed by atoms with Gasteiger partial charge >= 0.3 is 0 Å². The number of hydrogen-bond donors (Lipinski definition) is 1. The second-order valence-corrected chi connectivity index (χ2v) is 7.11. The van der Waals surface area contributed by atoms with Gasteiger partial charge in [0, 0.05) is 29.8 Å². The van der Waals surface area contributed by atoms with Crippen LogP contribution in [0.3, 0.4) is 0 Å². The minimum absolute atomic E-state index is 0.00840. The van der Waals surface area contributed by atoms with Crippen molar-refractivity contribution >= 4 is 21.8 Å². The molecule has 1 amide bonds. The summed E-state index contributed by atoms with van der Waals surface area (Å²) in [5, 5.41) is 12.5. The molecular formula is C21H22BrN3O. The van der Waals surface area contributed by atoms with Gasteiger partial charge in [0.15, 0.2) is 0 Å². The molecule has 0 spiro atoms. The van der Waals surface area contributed by atoms with Gasteiger partial charge in [-0.3, -0.25) is 4.79 Å². The van der Waals surface area contributed by atoms with Crippen LogP contribution in [-0.4, -0.2) is 16.8 Å². The Morgan fingerprint density at radius 3 is 2.38 bits per heavy atom. The molecule has 0 saturated carbocycles. The van der Waals surface area contributed by atoms with Crippen LogP contribution in [-0.2, 0) is 17.9 Å². The fourth-order valence-electron chi connectivity index (χ4n) is 2.44. The lowest BCUT2D eigenvalue weighted by molar-refractivity contribution is -0.129. The summed E-state index contributed by atoms with van der Waals surface area (Å²) in [4.78, 5) is 14.5. The van der Waals surface area contributed by atoms with Crippen molar-refractivity contribution < 1.29 is 4.79 Å². The van der Waals surface area contributed by atoms with Crippen molar-refractivity contribution in [1.82, 2.24) is 10.2 Å². The number of rotatable bonds is 7. The van der Waals surface area contributed by atoms with Crippen molar-refractivity contribution in [2.75, 3.05) is 0 Å². The van der Waals surface area contributed by atoms with E-state index < -0.39 is 0 Å². The lowest BCUT2D eigenvalue weighted by Gasteiger charge is -2.26. The summed E-state index contributed by atoms with van der Waals surface area (Å²) in [5.74, 6) is -0.269. The van der Waals surface area contributed by atoms with E-state index in [1.54, 1.807) is 4.90 Å². The summed E-state index contributed by atoms with van der Waals surface area (Å²) in [7, 11) is 0. The highest BCUT2D eigenvalue weighted by atomic mass is 79.9. The third-order valence-corrected chi connectivity index (χ3v) is 4.43. The van der Waals surface area contributed by atoms with Gasteiger partial charge in [-0.15, -0.1) is 0 Å². The second kappa shape index (κ2) is 9.79. The molecule has 0 fully saturated rings. The van der Waals surface area contributed by atoms with E-state index in [4.69, 9.17) is 0 Å². The molecule has 2 aromatic carbocycles. The number of carbonyl (C=O) groups excluding carboxylic acids is 1. The van der Waals surface area contributed by atoms with Crippen molar-refractivity contribution in [3.8, 4) is 6.07 Å². The number of amides is 1. The van der Waals surface area contributed by atoms with Gasteiger partial charge in [0.25, 0.3) is 5.91 Å². The smallest absolute Gasteiger partial charge is 0.266 e. The van der Waals surface area contributed by atoms with Gasteiger partial charge in [0.2, 0.25) is 0 Å². The molecule has 0 aliphatic heterocycles. The van der Waals surface area contributed by atoms with Gasteiger partial charge in [-0.1, -0.05) is 58.4 Å². The summed E-state index contributed by atoms with van der Waals surface area (Å²) in [6.45, 7) is 4.92. The van der Waals surface area contributed by atoms with Gasteiger partial charge in [0.1, 0.15) is 11.6 Å². The number of nitrogens with one attached hydrogen (secondary N) is 1. The topological polar surface area (TPSA) is 56.1 Å². The second-order valence-electron chi connectivity index (χ2n) is 6.19. The van der Waals surface area contributed by atoms with E-state index >= 15 is 0 Å². The predicted molar refractivity (Wildman–Crippen MR) is 107 cm³/mol. The molecule has 2 rings (SSSR count). The standard InChI is InChI=1S/C21H22BrN3O/c1-16(2)25(15-18-6-4-3-5-7-18)21(26)19(12-23)14-24-13-17-8-10-20(22)11-9-17/h3-11,14,16,24H,13,15H2,1-2H3/b19-14-. The Balaban J connectivity index is 2.06. The number of nitriles is 1. The first-order valence-corrected chi connectivity index (χ1v) is 9.23. The maximum atomic E-state index is 12.8. The SMILES string of the molecule is CC(C)N(Cc1ccccc1)C(=O)/C(C#N)=C\NCc1ccc(Br)cc1. The fraction of sp³-hybridized carbons (Fsp3) is 0.238. The number of carbonyl (C=O) groups is 1. The summed E-state index contributed by atoms with van der Waals surface area (Å²) in [6.07, 6.45) is 1.50. The van der Waals surface area contributed by atoms with E-state index in [1.807, 2.05) is 74.5 Å². The first-order valence-electron chi connectivity index (χ1n) is 8.44. The fourth-order valence-corrected chi connectivity index (χ4v) is 2.70. The Labute approximate surface area is 163 Å².